The van der Waals surface area contributed by atoms with E-state index in [0.29, 0.717) is 37.3 Å². The molecule has 0 aromatic carbocycles. The Morgan fingerprint density at radius 1 is 1.40 bits per heavy atom. The molecule has 1 atom stereocenters. The summed E-state index contributed by atoms with van der Waals surface area (Å²) in [7, 11) is -3.39. The SMILES string of the molecule is CCCS(=O)(=O)N1CCCC1C(=O)Nc1ccc(-n2cccn2)nc1. The van der Waals surface area contributed by atoms with Crippen LogP contribution in [-0.4, -0.2) is 51.7 Å². The summed E-state index contributed by atoms with van der Waals surface area (Å²) in [5, 5.41) is 6.85. The van der Waals surface area contributed by atoms with Crippen molar-refractivity contribution in [2.45, 2.75) is 32.2 Å². The number of nitrogens with one attached hydrogen (secondary N) is 1. The first-order valence-corrected chi connectivity index (χ1v) is 9.88. The Bertz CT molecular complexity index is 818. The molecule has 2 aromatic heterocycles. The van der Waals surface area contributed by atoms with Gasteiger partial charge in [0.2, 0.25) is 15.9 Å². The fourth-order valence-electron chi connectivity index (χ4n) is 2.94. The molecule has 134 valence electrons. The number of hydrogen-bond acceptors (Lipinski definition) is 5. The molecule has 25 heavy (non-hydrogen) atoms. The van der Waals surface area contributed by atoms with Gasteiger partial charge in [-0.25, -0.2) is 18.1 Å². The van der Waals surface area contributed by atoms with Crippen LogP contribution in [0.1, 0.15) is 26.2 Å². The Kier molecular flexibility index (Phi) is 5.14. The summed E-state index contributed by atoms with van der Waals surface area (Å²) in [5.74, 6) is 0.388. The second-order valence-electron chi connectivity index (χ2n) is 5.93. The first kappa shape index (κ1) is 17.6. The number of anilines is 1. The number of nitrogens with zero attached hydrogens (tertiary/aromatic N) is 4. The zero-order valence-electron chi connectivity index (χ0n) is 14.0. The fourth-order valence-corrected chi connectivity index (χ4v) is 4.68. The highest BCUT2D eigenvalue weighted by atomic mass is 32.2. The molecule has 2 aromatic rings. The molecule has 3 rings (SSSR count). The molecule has 3 heterocycles. The topological polar surface area (TPSA) is 97.2 Å². The zero-order chi connectivity index (χ0) is 17.9. The third kappa shape index (κ3) is 3.88. The molecule has 0 aliphatic carbocycles. The van der Waals surface area contributed by atoms with Gasteiger partial charge < -0.3 is 5.32 Å². The van der Waals surface area contributed by atoms with Crippen LogP contribution in [-0.2, 0) is 14.8 Å². The molecule has 1 N–H and O–H groups in total. The summed E-state index contributed by atoms with van der Waals surface area (Å²) in [6, 6.07) is 4.61. The van der Waals surface area contributed by atoms with Crippen molar-refractivity contribution in [3.63, 3.8) is 0 Å². The maximum atomic E-state index is 12.5. The van der Waals surface area contributed by atoms with Gasteiger partial charge in [0.15, 0.2) is 5.82 Å². The Labute approximate surface area is 146 Å². The molecule has 1 fully saturated rings. The third-order valence-corrected chi connectivity index (χ3v) is 6.16. The Hall–Kier alpha value is -2.26. The standard InChI is InChI=1S/C16H21N5O3S/c1-2-11-25(23,24)21-10-3-5-14(21)16(22)19-13-6-7-15(17-12-13)20-9-4-8-18-20/h4,6-9,12,14H,2-3,5,10-11H2,1H3,(H,19,22). The van der Waals surface area contributed by atoms with Gasteiger partial charge in [0.05, 0.1) is 17.6 Å². The number of carbonyl (C=O) groups excluding carboxylic acids is 1. The van der Waals surface area contributed by atoms with Gasteiger partial charge in [0, 0.05) is 18.9 Å². The molecule has 1 amide bonds. The predicted molar refractivity (Wildman–Crippen MR) is 93.8 cm³/mol. The monoisotopic (exact) mass is 363 g/mol. The van der Waals surface area contributed by atoms with Gasteiger partial charge in [-0.05, 0) is 37.5 Å². The third-order valence-electron chi connectivity index (χ3n) is 4.08. The van der Waals surface area contributed by atoms with Crippen LogP contribution < -0.4 is 5.32 Å². The maximum absolute atomic E-state index is 12.5. The highest BCUT2D eigenvalue weighted by Crippen LogP contribution is 2.23. The lowest BCUT2D eigenvalue weighted by molar-refractivity contribution is -0.119. The van der Waals surface area contributed by atoms with Crippen molar-refractivity contribution < 1.29 is 13.2 Å². The van der Waals surface area contributed by atoms with Gasteiger partial charge >= 0.3 is 0 Å². The van der Waals surface area contributed by atoms with E-state index < -0.39 is 16.1 Å². The quantitative estimate of drug-likeness (QED) is 0.837. The molecule has 9 heteroatoms. The largest absolute Gasteiger partial charge is 0.323 e. The summed E-state index contributed by atoms with van der Waals surface area (Å²) >= 11 is 0. The molecule has 8 nitrogen and oxygen atoms in total. The highest BCUT2D eigenvalue weighted by molar-refractivity contribution is 7.89. The minimum atomic E-state index is -3.39. The van der Waals surface area contributed by atoms with Gasteiger partial charge in [-0.3, -0.25) is 4.79 Å². The van der Waals surface area contributed by atoms with Crippen LogP contribution in [0.4, 0.5) is 5.69 Å². The van der Waals surface area contributed by atoms with E-state index in [9.17, 15) is 13.2 Å². The number of sulfonamides is 1. The van der Waals surface area contributed by atoms with Crippen molar-refractivity contribution in [2.75, 3.05) is 17.6 Å². The molecule has 0 bridgehead atoms. The maximum Gasteiger partial charge on any atom is 0.242 e. The Morgan fingerprint density at radius 2 is 2.24 bits per heavy atom. The van der Waals surface area contributed by atoms with Crippen molar-refractivity contribution in [3.05, 3.63) is 36.8 Å². The van der Waals surface area contributed by atoms with E-state index in [4.69, 9.17) is 0 Å². The fraction of sp³-hybridized carbons (Fsp3) is 0.438. The smallest absolute Gasteiger partial charge is 0.242 e. The molecule has 0 spiro atoms. The van der Waals surface area contributed by atoms with E-state index in [1.807, 2.05) is 6.92 Å². The Morgan fingerprint density at radius 3 is 2.88 bits per heavy atom. The second kappa shape index (κ2) is 7.32. The summed E-state index contributed by atoms with van der Waals surface area (Å²) in [6.45, 7) is 2.21. The van der Waals surface area contributed by atoms with E-state index in [1.165, 1.54) is 10.5 Å². The molecule has 1 aliphatic heterocycles. The summed E-state index contributed by atoms with van der Waals surface area (Å²) < 4.78 is 27.5. The number of carbonyl (C=O) groups is 1. The molecule has 1 unspecified atom stereocenters. The van der Waals surface area contributed by atoms with Crippen molar-refractivity contribution in [1.82, 2.24) is 19.1 Å². The summed E-state index contributed by atoms with van der Waals surface area (Å²) in [4.78, 5) is 16.8. The first-order chi connectivity index (χ1) is 12.0. The molecular formula is C16H21N5O3S. The zero-order valence-corrected chi connectivity index (χ0v) is 14.8. The van der Waals surface area contributed by atoms with Crippen LogP contribution in [0.2, 0.25) is 0 Å². The number of hydrogen-bond donors (Lipinski definition) is 1. The molecular weight excluding hydrogens is 342 g/mol. The highest BCUT2D eigenvalue weighted by Gasteiger charge is 2.38. The minimum absolute atomic E-state index is 0.0664. The van der Waals surface area contributed by atoms with Crippen molar-refractivity contribution in [3.8, 4) is 5.82 Å². The average Bonchev–Trinajstić information content (AvgIpc) is 3.27. The average molecular weight is 363 g/mol. The second-order valence-corrected chi connectivity index (χ2v) is 7.97. The van der Waals surface area contributed by atoms with E-state index in [1.54, 1.807) is 35.3 Å². The van der Waals surface area contributed by atoms with Crippen LogP contribution in [0.15, 0.2) is 36.8 Å². The first-order valence-electron chi connectivity index (χ1n) is 8.27. The minimum Gasteiger partial charge on any atom is -0.323 e. The Balaban J connectivity index is 1.69. The summed E-state index contributed by atoms with van der Waals surface area (Å²) in [5.41, 5.74) is 0.528. The lowest BCUT2D eigenvalue weighted by atomic mass is 10.2. The van der Waals surface area contributed by atoms with E-state index in [-0.39, 0.29) is 11.7 Å². The van der Waals surface area contributed by atoms with Crippen LogP contribution in [0.3, 0.4) is 0 Å². The number of amides is 1. The van der Waals surface area contributed by atoms with Crippen LogP contribution in [0.5, 0.6) is 0 Å². The number of pyridine rings is 1. The predicted octanol–water partition coefficient (Wildman–Crippen LogP) is 1.41. The molecule has 0 radical (unpaired) electrons. The van der Waals surface area contributed by atoms with Crippen molar-refractivity contribution in [2.24, 2.45) is 0 Å². The van der Waals surface area contributed by atoms with Gasteiger partial charge in [0.1, 0.15) is 6.04 Å². The molecule has 1 saturated heterocycles. The van der Waals surface area contributed by atoms with Gasteiger partial charge in [-0.2, -0.15) is 9.40 Å². The normalized spacial score (nSPS) is 18.4. The number of aromatic nitrogens is 3. The van der Waals surface area contributed by atoms with E-state index in [2.05, 4.69) is 15.4 Å². The number of rotatable bonds is 6. The lowest BCUT2D eigenvalue weighted by Gasteiger charge is -2.23. The van der Waals surface area contributed by atoms with E-state index in [0.717, 1.165) is 0 Å². The van der Waals surface area contributed by atoms with Crippen molar-refractivity contribution in [1.29, 1.82) is 0 Å². The van der Waals surface area contributed by atoms with Crippen LogP contribution in [0.25, 0.3) is 5.82 Å². The van der Waals surface area contributed by atoms with E-state index >= 15 is 0 Å². The van der Waals surface area contributed by atoms with Gasteiger partial charge in [-0.1, -0.05) is 6.92 Å². The van der Waals surface area contributed by atoms with Crippen LogP contribution in [0, 0.1) is 0 Å². The molecule has 0 saturated carbocycles. The van der Waals surface area contributed by atoms with Gasteiger partial charge in [-0.15, -0.1) is 0 Å². The van der Waals surface area contributed by atoms with Crippen LogP contribution >= 0.6 is 0 Å². The van der Waals surface area contributed by atoms with Gasteiger partial charge in [0.25, 0.3) is 0 Å². The molecule has 1 aliphatic rings. The lowest BCUT2D eigenvalue weighted by Crippen LogP contribution is -2.44. The summed E-state index contributed by atoms with van der Waals surface area (Å²) in [6.07, 6.45) is 6.73. The van der Waals surface area contributed by atoms with Crippen molar-refractivity contribution >= 4 is 21.6 Å².